The lowest BCUT2D eigenvalue weighted by atomic mass is 10.1. The van der Waals surface area contributed by atoms with Crippen LogP contribution in [0.2, 0.25) is 5.02 Å². The van der Waals surface area contributed by atoms with Gasteiger partial charge in [0.25, 0.3) is 11.8 Å². The quantitative estimate of drug-likeness (QED) is 0.632. The number of carbonyl (C=O) groups excluding carboxylic acids is 2. The van der Waals surface area contributed by atoms with E-state index in [-0.39, 0.29) is 17.6 Å². The molecular formula is C20H19ClN4O3S. The molecule has 0 radical (unpaired) electrons. The fraction of sp³-hybridized carbons (Fsp3) is 0.300. The summed E-state index contributed by atoms with van der Waals surface area (Å²) in [5.41, 5.74) is 0.537. The smallest absolute Gasteiger partial charge is 0.280 e. The van der Waals surface area contributed by atoms with Crippen molar-refractivity contribution < 1.29 is 14.0 Å². The number of furan rings is 1. The first kappa shape index (κ1) is 19.6. The molecule has 0 aliphatic heterocycles. The number of carbonyl (C=O) groups is 2. The minimum absolute atomic E-state index is 0.0871. The maximum Gasteiger partial charge on any atom is 0.280 e. The Balaban J connectivity index is 1.78. The summed E-state index contributed by atoms with van der Waals surface area (Å²) in [6.07, 6.45) is 5.48. The van der Waals surface area contributed by atoms with Crippen molar-refractivity contribution in [2.75, 3.05) is 4.90 Å². The van der Waals surface area contributed by atoms with E-state index in [0.717, 1.165) is 37.2 Å². The van der Waals surface area contributed by atoms with E-state index in [0.29, 0.717) is 16.5 Å². The molecule has 1 unspecified atom stereocenters. The summed E-state index contributed by atoms with van der Waals surface area (Å²) in [5, 5.41) is 8.84. The maximum atomic E-state index is 13.4. The number of hydrogen-bond acceptors (Lipinski definition) is 6. The van der Waals surface area contributed by atoms with Crippen LogP contribution in [0.25, 0.3) is 0 Å². The van der Waals surface area contributed by atoms with Crippen LogP contribution in [0.3, 0.4) is 0 Å². The summed E-state index contributed by atoms with van der Waals surface area (Å²) in [6, 6.07) is 9.31. The van der Waals surface area contributed by atoms with Crippen LogP contribution in [0, 0.1) is 0 Å². The van der Waals surface area contributed by atoms with Crippen LogP contribution in [0.5, 0.6) is 0 Å². The van der Waals surface area contributed by atoms with Crippen molar-refractivity contribution in [2.24, 2.45) is 0 Å². The monoisotopic (exact) mass is 430 g/mol. The van der Waals surface area contributed by atoms with Crippen LogP contribution in [-0.4, -0.2) is 27.4 Å². The molecule has 150 valence electrons. The Morgan fingerprint density at radius 3 is 2.66 bits per heavy atom. The van der Waals surface area contributed by atoms with Gasteiger partial charge in [0, 0.05) is 11.4 Å². The summed E-state index contributed by atoms with van der Waals surface area (Å²) in [5.74, 6) is -0.449. The fourth-order valence-electron chi connectivity index (χ4n) is 3.56. The van der Waals surface area contributed by atoms with Gasteiger partial charge in [0.15, 0.2) is 11.7 Å². The van der Waals surface area contributed by atoms with Gasteiger partial charge in [-0.2, -0.15) is 0 Å². The van der Waals surface area contributed by atoms with Crippen LogP contribution in [0.1, 0.15) is 48.0 Å². The first-order valence-corrected chi connectivity index (χ1v) is 10.6. The zero-order chi connectivity index (χ0) is 20.2. The van der Waals surface area contributed by atoms with E-state index >= 15 is 0 Å². The largest absolute Gasteiger partial charge is 0.467 e. The lowest BCUT2D eigenvalue weighted by Crippen LogP contribution is -2.46. The molecule has 1 aromatic carbocycles. The number of amides is 2. The Bertz CT molecular complexity index is 972. The van der Waals surface area contributed by atoms with Crippen molar-refractivity contribution in [1.82, 2.24) is 14.9 Å². The molecule has 0 spiro atoms. The average Bonchev–Trinajstić information content (AvgIpc) is 3.49. The van der Waals surface area contributed by atoms with E-state index in [1.54, 1.807) is 41.8 Å². The Hall–Kier alpha value is -2.71. The molecule has 7 nitrogen and oxygen atoms in total. The van der Waals surface area contributed by atoms with Gasteiger partial charge in [-0.05, 0) is 48.6 Å². The highest BCUT2D eigenvalue weighted by Crippen LogP contribution is 2.35. The van der Waals surface area contributed by atoms with Crippen molar-refractivity contribution in [2.45, 2.75) is 37.8 Å². The highest BCUT2D eigenvalue weighted by Gasteiger charge is 2.38. The SMILES string of the molecule is O=C(NC1CCCC1)C(c1ccco1)N(C(=O)c1csnn1)c1ccccc1Cl. The van der Waals surface area contributed by atoms with E-state index < -0.39 is 11.9 Å². The van der Waals surface area contributed by atoms with E-state index in [9.17, 15) is 9.59 Å². The van der Waals surface area contributed by atoms with Gasteiger partial charge in [0.05, 0.1) is 17.0 Å². The number of nitrogens with one attached hydrogen (secondary N) is 1. The third-order valence-electron chi connectivity index (χ3n) is 4.93. The highest BCUT2D eigenvalue weighted by atomic mass is 35.5. The minimum Gasteiger partial charge on any atom is -0.467 e. The second-order valence-electron chi connectivity index (χ2n) is 6.82. The van der Waals surface area contributed by atoms with Crippen molar-refractivity contribution in [1.29, 1.82) is 0 Å². The third-order valence-corrected chi connectivity index (χ3v) is 5.75. The number of benzene rings is 1. The summed E-state index contributed by atoms with van der Waals surface area (Å²) in [6.45, 7) is 0. The van der Waals surface area contributed by atoms with Crippen molar-refractivity contribution in [3.05, 3.63) is 64.5 Å². The molecule has 1 aliphatic carbocycles. The molecule has 0 bridgehead atoms. The van der Waals surface area contributed by atoms with Crippen molar-refractivity contribution in [3.63, 3.8) is 0 Å². The van der Waals surface area contributed by atoms with Crippen LogP contribution in [0.15, 0.2) is 52.5 Å². The second kappa shape index (κ2) is 8.75. The molecule has 1 saturated carbocycles. The third kappa shape index (κ3) is 4.18. The number of hydrogen-bond donors (Lipinski definition) is 1. The van der Waals surface area contributed by atoms with E-state index in [4.69, 9.17) is 16.0 Å². The normalized spacial score (nSPS) is 15.2. The number of aromatic nitrogens is 2. The lowest BCUT2D eigenvalue weighted by molar-refractivity contribution is -0.123. The summed E-state index contributed by atoms with van der Waals surface area (Å²) >= 11 is 7.48. The molecule has 3 aromatic rings. The standard InChI is InChI=1S/C20H19ClN4O3S/c21-14-8-3-4-9-16(14)25(20(27)15-12-29-24-23-15)18(17-10-5-11-28-17)19(26)22-13-6-1-2-7-13/h3-5,8-13,18H,1-2,6-7H2,(H,22,26). The second-order valence-corrected chi connectivity index (χ2v) is 7.84. The molecule has 1 aliphatic rings. The Morgan fingerprint density at radius 2 is 2.00 bits per heavy atom. The van der Waals surface area contributed by atoms with E-state index in [1.807, 2.05) is 0 Å². The predicted molar refractivity (Wildman–Crippen MR) is 110 cm³/mol. The number of halogens is 1. The molecule has 1 fully saturated rings. The number of para-hydroxylation sites is 1. The molecule has 4 rings (SSSR count). The van der Waals surface area contributed by atoms with Crippen LogP contribution < -0.4 is 10.2 Å². The zero-order valence-electron chi connectivity index (χ0n) is 15.5. The van der Waals surface area contributed by atoms with Gasteiger partial charge in [-0.15, -0.1) is 5.10 Å². The molecule has 2 amide bonds. The molecule has 1 atom stereocenters. The Labute approximate surface area is 176 Å². The van der Waals surface area contributed by atoms with Gasteiger partial charge in [-0.25, -0.2) is 0 Å². The number of nitrogens with zero attached hydrogens (tertiary/aromatic N) is 3. The van der Waals surface area contributed by atoms with Gasteiger partial charge in [-0.1, -0.05) is 41.1 Å². The average molecular weight is 431 g/mol. The lowest BCUT2D eigenvalue weighted by Gasteiger charge is -2.30. The highest BCUT2D eigenvalue weighted by molar-refractivity contribution is 7.03. The van der Waals surface area contributed by atoms with Gasteiger partial charge in [0.2, 0.25) is 0 Å². The van der Waals surface area contributed by atoms with Crippen LogP contribution >= 0.6 is 23.1 Å². The zero-order valence-corrected chi connectivity index (χ0v) is 17.0. The minimum atomic E-state index is -1.03. The van der Waals surface area contributed by atoms with Gasteiger partial charge >= 0.3 is 0 Å². The number of anilines is 1. The van der Waals surface area contributed by atoms with E-state index in [2.05, 4.69) is 14.9 Å². The molecule has 0 saturated heterocycles. The molecule has 2 heterocycles. The van der Waals surface area contributed by atoms with Gasteiger partial charge in [-0.3, -0.25) is 14.5 Å². The van der Waals surface area contributed by atoms with Gasteiger partial charge < -0.3 is 9.73 Å². The maximum absolute atomic E-state index is 13.4. The van der Waals surface area contributed by atoms with Crippen LogP contribution in [0.4, 0.5) is 5.69 Å². The van der Waals surface area contributed by atoms with Crippen molar-refractivity contribution in [3.8, 4) is 0 Å². The van der Waals surface area contributed by atoms with Crippen LogP contribution in [-0.2, 0) is 4.79 Å². The number of rotatable bonds is 6. The first-order chi connectivity index (χ1) is 14.1. The summed E-state index contributed by atoms with van der Waals surface area (Å²) in [7, 11) is 0. The summed E-state index contributed by atoms with van der Waals surface area (Å²) in [4.78, 5) is 28.1. The predicted octanol–water partition coefficient (Wildman–Crippen LogP) is 4.23. The molecular weight excluding hydrogens is 412 g/mol. The molecule has 1 N–H and O–H groups in total. The fourth-order valence-corrected chi connectivity index (χ4v) is 4.22. The van der Waals surface area contributed by atoms with E-state index in [1.165, 1.54) is 11.2 Å². The first-order valence-electron chi connectivity index (χ1n) is 9.34. The summed E-state index contributed by atoms with van der Waals surface area (Å²) < 4.78 is 9.34. The van der Waals surface area contributed by atoms with Gasteiger partial charge in [0.1, 0.15) is 5.76 Å². The Kier molecular flexibility index (Phi) is 5.92. The topological polar surface area (TPSA) is 88.3 Å². The Morgan fingerprint density at radius 1 is 1.21 bits per heavy atom. The molecule has 9 heteroatoms. The molecule has 2 aromatic heterocycles. The molecule has 29 heavy (non-hydrogen) atoms. The van der Waals surface area contributed by atoms with Crippen molar-refractivity contribution >= 4 is 40.6 Å².